The number of sulfonamides is 1. The van der Waals surface area contributed by atoms with Crippen molar-refractivity contribution in [2.75, 3.05) is 20.3 Å². The maximum Gasteiger partial charge on any atom is 0.262 e. The van der Waals surface area contributed by atoms with E-state index in [1.54, 1.807) is 18.6 Å². The van der Waals surface area contributed by atoms with Crippen LogP contribution in [0.1, 0.15) is 12.8 Å². The molecule has 0 saturated carbocycles. The van der Waals surface area contributed by atoms with Crippen molar-refractivity contribution in [2.45, 2.75) is 23.9 Å². The summed E-state index contributed by atoms with van der Waals surface area (Å²) in [4.78, 5) is 4.66. The Hall–Kier alpha value is -0.670. The molecule has 0 bridgehead atoms. The molecule has 1 aliphatic rings. The van der Waals surface area contributed by atoms with Crippen molar-refractivity contribution >= 4 is 37.9 Å². The molecule has 6 nitrogen and oxygen atoms in total. The minimum atomic E-state index is -3.67. The van der Waals surface area contributed by atoms with E-state index in [9.17, 15) is 8.42 Å². The minimum Gasteiger partial charge on any atom is -0.381 e. The van der Waals surface area contributed by atoms with Gasteiger partial charge in [-0.25, -0.2) is 13.4 Å². The molecule has 0 atom stereocenters. The molecule has 1 aliphatic heterocycles. The van der Waals surface area contributed by atoms with Crippen LogP contribution in [0.3, 0.4) is 0 Å². The normalized spacial score (nSPS) is 18.1. The molecule has 2 aromatic heterocycles. The lowest BCUT2D eigenvalue weighted by atomic mass is 10.1. The summed E-state index contributed by atoms with van der Waals surface area (Å²) >= 11 is 7.37. The van der Waals surface area contributed by atoms with Crippen LogP contribution in [0.15, 0.2) is 16.6 Å². The molecule has 0 unspecified atom stereocenters. The van der Waals surface area contributed by atoms with Gasteiger partial charge in [-0.3, -0.25) is 4.40 Å². The maximum atomic E-state index is 12.8. The molecule has 20 heavy (non-hydrogen) atoms. The highest BCUT2D eigenvalue weighted by Crippen LogP contribution is 2.29. The molecular weight excluding hydrogens is 322 g/mol. The van der Waals surface area contributed by atoms with Crippen LogP contribution in [0, 0.1) is 0 Å². The lowest BCUT2D eigenvalue weighted by molar-refractivity contribution is 0.0631. The van der Waals surface area contributed by atoms with E-state index in [2.05, 4.69) is 4.98 Å². The zero-order valence-electron chi connectivity index (χ0n) is 10.8. The number of imidazole rings is 1. The van der Waals surface area contributed by atoms with E-state index in [0.717, 1.165) is 0 Å². The van der Waals surface area contributed by atoms with Crippen LogP contribution in [0.25, 0.3) is 4.96 Å². The molecule has 1 fully saturated rings. The standard InChI is InChI=1S/C11H14ClN3O3S2/c1-14(8-2-5-18-6-3-8)20(16,17)10-9(12)13-11-15(10)4-7-19-11/h4,7-8H,2-3,5-6H2,1H3. The zero-order valence-corrected chi connectivity index (χ0v) is 13.2. The number of ether oxygens (including phenoxy) is 1. The summed E-state index contributed by atoms with van der Waals surface area (Å²) < 4.78 is 33.7. The number of thiazole rings is 1. The third-order valence-electron chi connectivity index (χ3n) is 3.51. The number of nitrogens with zero attached hydrogens (tertiary/aromatic N) is 3. The molecule has 0 N–H and O–H groups in total. The van der Waals surface area contributed by atoms with E-state index in [4.69, 9.17) is 16.3 Å². The van der Waals surface area contributed by atoms with E-state index < -0.39 is 10.0 Å². The average Bonchev–Trinajstić information content (AvgIpc) is 2.98. The van der Waals surface area contributed by atoms with Crippen LogP contribution in [0.5, 0.6) is 0 Å². The van der Waals surface area contributed by atoms with Crippen molar-refractivity contribution in [1.82, 2.24) is 13.7 Å². The molecular formula is C11H14ClN3O3S2. The van der Waals surface area contributed by atoms with Crippen LogP contribution in [0.4, 0.5) is 0 Å². The summed E-state index contributed by atoms with van der Waals surface area (Å²) in [6, 6.07) is -0.0611. The minimum absolute atomic E-state index is 0.0239. The molecule has 0 spiro atoms. The van der Waals surface area contributed by atoms with Gasteiger partial charge in [0.1, 0.15) is 0 Å². The largest absolute Gasteiger partial charge is 0.381 e. The number of fused-ring (bicyclic) bond motifs is 1. The fourth-order valence-corrected chi connectivity index (χ4v) is 5.17. The number of rotatable bonds is 3. The lowest BCUT2D eigenvalue weighted by Crippen LogP contribution is -2.41. The third-order valence-corrected chi connectivity index (χ3v) is 6.57. The molecule has 110 valence electrons. The Labute approximate surface area is 126 Å². The quantitative estimate of drug-likeness (QED) is 0.858. The molecule has 3 rings (SSSR count). The molecule has 0 aliphatic carbocycles. The van der Waals surface area contributed by atoms with Gasteiger partial charge in [0, 0.05) is 37.9 Å². The van der Waals surface area contributed by atoms with Gasteiger partial charge in [-0.1, -0.05) is 11.6 Å². The van der Waals surface area contributed by atoms with Gasteiger partial charge in [-0.2, -0.15) is 4.31 Å². The topological polar surface area (TPSA) is 63.9 Å². The number of hydrogen-bond donors (Lipinski definition) is 0. The Morgan fingerprint density at radius 2 is 2.20 bits per heavy atom. The van der Waals surface area contributed by atoms with Gasteiger partial charge in [-0.15, -0.1) is 11.3 Å². The first kappa shape index (κ1) is 14.3. The second kappa shape index (κ2) is 5.27. The third kappa shape index (κ3) is 2.25. The van der Waals surface area contributed by atoms with Crippen LogP contribution < -0.4 is 0 Å². The summed E-state index contributed by atoms with van der Waals surface area (Å²) in [6.45, 7) is 1.16. The van der Waals surface area contributed by atoms with Crippen LogP contribution in [-0.2, 0) is 14.8 Å². The van der Waals surface area contributed by atoms with E-state index in [0.29, 0.717) is 31.0 Å². The highest BCUT2D eigenvalue weighted by Gasteiger charge is 2.34. The van der Waals surface area contributed by atoms with Gasteiger partial charge < -0.3 is 4.74 Å². The molecule has 0 radical (unpaired) electrons. The van der Waals surface area contributed by atoms with Crippen molar-refractivity contribution in [3.05, 3.63) is 16.7 Å². The maximum absolute atomic E-state index is 12.8. The fraction of sp³-hybridized carbons (Fsp3) is 0.545. The van der Waals surface area contributed by atoms with Crippen molar-refractivity contribution in [1.29, 1.82) is 0 Å². The summed E-state index contributed by atoms with van der Waals surface area (Å²) in [7, 11) is -2.08. The van der Waals surface area contributed by atoms with E-state index in [1.165, 1.54) is 20.0 Å². The van der Waals surface area contributed by atoms with E-state index in [1.807, 2.05) is 0 Å². The average molecular weight is 336 g/mol. The Morgan fingerprint density at radius 1 is 1.50 bits per heavy atom. The second-order valence-electron chi connectivity index (χ2n) is 4.63. The SMILES string of the molecule is CN(C1CCOCC1)S(=O)(=O)c1c(Cl)nc2sccn12. The van der Waals surface area contributed by atoms with E-state index >= 15 is 0 Å². The smallest absolute Gasteiger partial charge is 0.262 e. The van der Waals surface area contributed by atoms with Crippen molar-refractivity contribution in [3.8, 4) is 0 Å². The first-order valence-electron chi connectivity index (χ1n) is 6.18. The summed E-state index contributed by atoms with van der Waals surface area (Å²) in [6.07, 6.45) is 3.06. The predicted octanol–water partition coefficient (Wildman–Crippen LogP) is 1.85. The van der Waals surface area contributed by atoms with Gasteiger partial charge >= 0.3 is 0 Å². The number of halogens is 1. The van der Waals surface area contributed by atoms with Crippen LogP contribution in [-0.4, -0.2) is 48.4 Å². The Morgan fingerprint density at radius 3 is 2.90 bits per heavy atom. The Bertz CT molecular complexity index is 718. The molecule has 2 aromatic rings. The van der Waals surface area contributed by atoms with Crippen LogP contribution in [0.2, 0.25) is 5.15 Å². The van der Waals surface area contributed by atoms with Gasteiger partial charge in [0.15, 0.2) is 15.1 Å². The molecule has 3 heterocycles. The monoisotopic (exact) mass is 335 g/mol. The van der Waals surface area contributed by atoms with Gasteiger partial charge in [0.2, 0.25) is 0 Å². The summed E-state index contributed by atoms with van der Waals surface area (Å²) in [5.41, 5.74) is 0. The molecule has 0 amide bonds. The zero-order chi connectivity index (χ0) is 14.3. The van der Waals surface area contributed by atoms with Gasteiger partial charge in [-0.05, 0) is 12.8 Å². The highest BCUT2D eigenvalue weighted by molar-refractivity contribution is 7.89. The van der Waals surface area contributed by atoms with Crippen molar-refractivity contribution in [2.24, 2.45) is 0 Å². The molecule has 9 heteroatoms. The van der Waals surface area contributed by atoms with Crippen LogP contribution >= 0.6 is 22.9 Å². The second-order valence-corrected chi connectivity index (χ2v) is 7.77. The van der Waals surface area contributed by atoms with Crippen molar-refractivity contribution < 1.29 is 13.2 Å². The Kier molecular flexibility index (Phi) is 3.76. The predicted molar refractivity (Wildman–Crippen MR) is 76.9 cm³/mol. The number of hydrogen-bond acceptors (Lipinski definition) is 5. The van der Waals surface area contributed by atoms with E-state index in [-0.39, 0.29) is 16.2 Å². The first-order chi connectivity index (χ1) is 9.51. The first-order valence-corrected chi connectivity index (χ1v) is 8.88. The molecule has 0 aromatic carbocycles. The van der Waals surface area contributed by atoms with Gasteiger partial charge in [0.05, 0.1) is 0 Å². The fourth-order valence-electron chi connectivity index (χ4n) is 2.35. The number of aromatic nitrogens is 2. The summed E-state index contributed by atoms with van der Waals surface area (Å²) in [5.74, 6) is 0. The van der Waals surface area contributed by atoms with Gasteiger partial charge in [0.25, 0.3) is 10.0 Å². The van der Waals surface area contributed by atoms with Crippen molar-refractivity contribution in [3.63, 3.8) is 0 Å². The molecule has 1 saturated heterocycles. The summed E-state index contributed by atoms with van der Waals surface area (Å²) in [5, 5.41) is 1.85. The lowest BCUT2D eigenvalue weighted by Gasteiger charge is -2.30. The highest BCUT2D eigenvalue weighted by atomic mass is 35.5. The Balaban J connectivity index is 2.02.